The molecule has 0 saturated carbocycles. The van der Waals surface area contributed by atoms with Crippen LogP contribution in [0.4, 0.5) is 4.39 Å². The van der Waals surface area contributed by atoms with Crippen molar-refractivity contribution in [3.63, 3.8) is 0 Å². The molecule has 0 saturated heterocycles. The zero-order valence-corrected chi connectivity index (χ0v) is 10.8. The molecule has 0 aromatic heterocycles. The molecule has 0 aliphatic carbocycles. The van der Waals surface area contributed by atoms with Crippen LogP contribution in [-0.4, -0.2) is 16.4 Å². The predicted octanol–water partition coefficient (Wildman–Crippen LogP) is 1.93. The van der Waals surface area contributed by atoms with E-state index in [0.717, 1.165) is 0 Å². The minimum Gasteiger partial charge on any atom is -0.391 e. The van der Waals surface area contributed by atoms with Gasteiger partial charge in [-0.3, -0.25) is 4.79 Å². The van der Waals surface area contributed by atoms with Crippen LogP contribution in [0.5, 0.6) is 0 Å². The molecular formula is C12H15FN2OS. The Morgan fingerprint density at radius 2 is 2.06 bits per heavy atom. The Labute approximate surface area is 105 Å². The van der Waals surface area contributed by atoms with Crippen LogP contribution in [0.2, 0.25) is 0 Å². The first-order valence-electron chi connectivity index (χ1n) is 5.12. The second-order valence-electron chi connectivity index (χ2n) is 4.40. The topological polar surface area (TPSA) is 55.1 Å². The van der Waals surface area contributed by atoms with Crippen molar-refractivity contribution in [2.45, 2.75) is 26.3 Å². The number of amides is 1. The Hall–Kier alpha value is -1.49. The van der Waals surface area contributed by atoms with Gasteiger partial charge in [-0.15, -0.1) is 0 Å². The molecule has 1 rings (SSSR count). The molecule has 0 radical (unpaired) electrons. The maximum absolute atomic E-state index is 13.1. The van der Waals surface area contributed by atoms with Crippen LogP contribution in [0.1, 0.15) is 29.8 Å². The molecule has 0 atom stereocenters. The lowest BCUT2D eigenvalue weighted by atomic mass is 10.0. The maximum Gasteiger partial charge on any atom is 0.252 e. The van der Waals surface area contributed by atoms with Crippen LogP contribution >= 0.6 is 12.2 Å². The van der Waals surface area contributed by atoms with Gasteiger partial charge < -0.3 is 11.1 Å². The lowest BCUT2D eigenvalue weighted by Crippen LogP contribution is -2.52. The number of nitrogens with two attached hydrogens (primary N) is 1. The van der Waals surface area contributed by atoms with Crippen LogP contribution < -0.4 is 11.1 Å². The number of nitrogens with one attached hydrogen (secondary N) is 1. The smallest absolute Gasteiger partial charge is 0.252 e. The van der Waals surface area contributed by atoms with E-state index in [1.54, 1.807) is 26.8 Å². The van der Waals surface area contributed by atoms with E-state index in [9.17, 15) is 9.18 Å². The van der Waals surface area contributed by atoms with Gasteiger partial charge in [-0.1, -0.05) is 18.3 Å². The lowest BCUT2D eigenvalue weighted by molar-refractivity contribution is 0.0931. The Morgan fingerprint density at radius 3 is 2.59 bits per heavy atom. The van der Waals surface area contributed by atoms with Crippen molar-refractivity contribution in [3.8, 4) is 0 Å². The van der Waals surface area contributed by atoms with Crippen molar-refractivity contribution < 1.29 is 9.18 Å². The van der Waals surface area contributed by atoms with E-state index in [2.05, 4.69) is 5.32 Å². The van der Waals surface area contributed by atoms with Crippen LogP contribution in [0.15, 0.2) is 18.2 Å². The van der Waals surface area contributed by atoms with Gasteiger partial charge in [0.25, 0.3) is 5.91 Å². The first-order valence-corrected chi connectivity index (χ1v) is 5.53. The molecule has 1 amide bonds. The fraction of sp³-hybridized carbons (Fsp3) is 0.333. The average molecular weight is 254 g/mol. The van der Waals surface area contributed by atoms with Crippen LogP contribution in [-0.2, 0) is 0 Å². The fourth-order valence-corrected chi connectivity index (χ4v) is 1.30. The third-order valence-electron chi connectivity index (χ3n) is 2.49. The summed E-state index contributed by atoms with van der Waals surface area (Å²) in [6.45, 7) is 5.13. The van der Waals surface area contributed by atoms with Crippen molar-refractivity contribution in [2.24, 2.45) is 5.73 Å². The summed E-state index contributed by atoms with van der Waals surface area (Å²) in [7, 11) is 0. The predicted molar refractivity (Wildman–Crippen MR) is 69.5 cm³/mol. The van der Waals surface area contributed by atoms with E-state index in [0.29, 0.717) is 5.56 Å². The molecule has 0 heterocycles. The Balaban J connectivity index is 2.98. The summed E-state index contributed by atoms with van der Waals surface area (Å²) in [5, 5.41) is 2.67. The van der Waals surface area contributed by atoms with E-state index in [1.165, 1.54) is 12.1 Å². The Morgan fingerprint density at radius 1 is 1.47 bits per heavy atom. The number of carbonyl (C=O) groups is 1. The van der Waals surface area contributed by atoms with E-state index >= 15 is 0 Å². The monoisotopic (exact) mass is 254 g/mol. The van der Waals surface area contributed by atoms with Gasteiger partial charge in [0.1, 0.15) is 5.82 Å². The van der Waals surface area contributed by atoms with E-state index in [4.69, 9.17) is 18.0 Å². The highest BCUT2D eigenvalue weighted by Gasteiger charge is 2.24. The number of halogens is 1. The number of thiocarbonyl (C=S) groups is 1. The number of aryl methyl sites for hydroxylation is 1. The Bertz CT molecular complexity index is 472. The standard InChI is InChI=1S/C12H15FN2OS/c1-7-4-5-8(13)6-9(7)10(16)15-12(2,3)11(14)17/h4-6H,1-3H3,(H2,14,17)(H,15,16). The Kier molecular flexibility index (Phi) is 3.83. The molecule has 0 fully saturated rings. The summed E-state index contributed by atoms with van der Waals surface area (Å²) in [5.74, 6) is -0.839. The fourth-order valence-electron chi connectivity index (χ4n) is 1.25. The summed E-state index contributed by atoms with van der Waals surface area (Å²) in [4.78, 5) is 12.1. The van der Waals surface area contributed by atoms with Gasteiger partial charge in [-0.25, -0.2) is 4.39 Å². The highest BCUT2D eigenvalue weighted by molar-refractivity contribution is 7.80. The zero-order valence-electron chi connectivity index (χ0n) is 10.0. The summed E-state index contributed by atoms with van der Waals surface area (Å²) >= 11 is 4.85. The third kappa shape index (κ3) is 3.23. The number of carbonyl (C=O) groups excluding carboxylic acids is 1. The molecule has 3 nitrogen and oxygen atoms in total. The number of rotatable bonds is 3. The maximum atomic E-state index is 13.1. The highest BCUT2D eigenvalue weighted by atomic mass is 32.1. The molecular weight excluding hydrogens is 239 g/mol. The summed E-state index contributed by atoms with van der Waals surface area (Å²) in [6.07, 6.45) is 0. The minimum absolute atomic E-state index is 0.180. The number of hydrogen-bond acceptors (Lipinski definition) is 2. The molecule has 92 valence electrons. The van der Waals surface area contributed by atoms with Crippen molar-refractivity contribution in [3.05, 3.63) is 35.1 Å². The number of benzene rings is 1. The molecule has 0 spiro atoms. The van der Waals surface area contributed by atoms with E-state index in [1.807, 2.05) is 0 Å². The summed E-state index contributed by atoms with van der Waals surface area (Å²) in [6, 6.07) is 4.06. The molecule has 0 aliphatic heterocycles. The number of hydrogen-bond donors (Lipinski definition) is 2. The highest BCUT2D eigenvalue weighted by Crippen LogP contribution is 2.12. The van der Waals surface area contributed by atoms with Crippen molar-refractivity contribution in [1.82, 2.24) is 5.32 Å². The van der Waals surface area contributed by atoms with Crippen molar-refractivity contribution >= 4 is 23.1 Å². The molecule has 0 unspecified atom stereocenters. The minimum atomic E-state index is -0.800. The molecule has 3 N–H and O–H groups in total. The SMILES string of the molecule is Cc1ccc(F)cc1C(=O)NC(C)(C)C(N)=S. The molecule has 1 aromatic carbocycles. The van der Waals surface area contributed by atoms with Crippen LogP contribution in [0.25, 0.3) is 0 Å². The third-order valence-corrected chi connectivity index (χ3v) is 3.00. The average Bonchev–Trinajstić information content (AvgIpc) is 2.20. The van der Waals surface area contributed by atoms with Gasteiger partial charge in [0, 0.05) is 5.56 Å². The van der Waals surface area contributed by atoms with E-state index < -0.39 is 11.4 Å². The van der Waals surface area contributed by atoms with Gasteiger partial charge in [0.15, 0.2) is 0 Å². The normalized spacial score (nSPS) is 11.1. The van der Waals surface area contributed by atoms with Gasteiger partial charge in [0.05, 0.1) is 10.5 Å². The largest absolute Gasteiger partial charge is 0.391 e. The molecule has 17 heavy (non-hydrogen) atoms. The molecule has 0 aliphatic rings. The summed E-state index contributed by atoms with van der Waals surface area (Å²) < 4.78 is 13.1. The molecule has 5 heteroatoms. The molecule has 0 bridgehead atoms. The van der Waals surface area contributed by atoms with Gasteiger partial charge >= 0.3 is 0 Å². The van der Waals surface area contributed by atoms with Gasteiger partial charge in [0.2, 0.25) is 0 Å². The first-order chi connectivity index (χ1) is 7.74. The van der Waals surface area contributed by atoms with E-state index in [-0.39, 0.29) is 16.5 Å². The van der Waals surface area contributed by atoms with Gasteiger partial charge in [-0.05, 0) is 38.5 Å². The second-order valence-corrected chi connectivity index (χ2v) is 4.84. The lowest BCUT2D eigenvalue weighted by Gasteiger charge is -2.25. The quantitative estimate of drug-likeness (QED) is 0.810. The first kappa shape index (κ1) is 13.6. The van der Waals surface area contributed by atoms with Crippen molar-refractivity contribution in [1.29, 1.82) is 0 Å². The summed E-state index contributed by atoms with van der Waals surface area (Å²) in [5.41, 5.74) is 5.69. The van der Waals surface area contributed by atoms with Crippen molar-refractivity contribution in [2.75, 3.05) is 0 Å². The second kappa shape index (κ2) is 4.79. The van der Waals surface area contributed by atoms with Gasteiger partial charge in [-0.2, -0.15) is 0 Å². The molecule has 1 aromatic rings. The zero-order chi connectivity index (χ0) is 13.2. The van der Waals surface area contributed by atoms with Crippen LogP contribution in [0.3, 0.4) is 0 Å². The van der Waals surface area contributed by atoms with Crippen LogP contribution in [0, 0.1) is 12.7 Å².